The number of aliphatic carboxylic acids is 1. The Hall–Kier alpha value is -1.36. The number of aryl methyl sites for hydroxylation is 1. The number of hydrogen-bond acceptors (Lipinski definition) is 2. The highest BCUT2D eigenvalue weighted by Gasteiger charge is 2.33. The molecule has 19 heavy (non-hydrogen) atoms. The van der Waals surface area contributed by atoms with Crippen LogP contribution in [0.4, 0.5) is 0 Å². The normalized spacial score (nSPS) is 12.9. The summed E-state index contributed by atoms with van der Waals surface area (Å²) in [7, 11) is 0. The van der Waals surface area contributed by atoms with Crippen molar-refractivity contribution in [1.82, 2.24) is 5.32 Å². The third kappa shape index (κ3) is 3.80. The monoisotopic (exact) mass is 327 g/mol. The van der Waals surface area contributed by atoms with E-state index in [0.29, 0.717) is 10.0 Å². The Labute approximate surface area is 121 Å². The SMILES string of the molecule is Cc1cccc(C(=O)NC(C(=O)O)C(C)(C)C)c1Br. The molecule has 0 spiro atoms. The fourth-order valence-corrected chi connectivity index (χ4v) is 2.12. The van der Waals surface area contributed by atoms with Gasteiger partial charge in [0.1, 0.15) is 6.04 Å². The fraction of sp³-hybridized carbons (Fsp3) is 0.429. The van der Waals surface area contributed by atoms with E-state index in [9.17, 15) is 14.7 Å². The molecule has 0 bridgehead atoms. The summed E-state index contributed by atoms with van der Waals surface area (Å²) in [4.78, 5) is 23.4. The van der Waals surface area contributed by atoms with Crippen molar-refractivity contribution in [2.75, 3.05) is 0 Å². The van der Waals surface area contributed by atoms with Gasteiger partial charge in [0.05, 0.1) is 5.56 Å². The van der Waals surface area contributed by atoms with E-state index < -0.39 is 23.3 Å². The lowest BCUT2D eigenvalue weighted by atomic mass is 9.86. The van der Waals surface area contributed by atoms with Crippen molar-refractivity contribution in [2.45, 2.75) is 33.7 Å². The van der Waals surface area contributed by atoms with Crippen molar-refractivity contribution in [2.24, 2.45) is 5.41 Å². The summed E-state index contributed by atoms with van der Waals surface area (Å²) in [6, 6.07) is 4.36. The maximum absolute atomic E-state index is 12.2. The van der Waals surface area contributed by atoms with Crippen molar-refractivity contribution >= 4 is 27.8 Å². The predicted molar refractivity (Wildman–Crippen MR) is 77.2 cm³/mol. The molecule has 104 valence electrons. The number of carbonyl (C=O) groups is 2. The van der Waals surface area contributed by atoms with E-state index in [-0.39, 0.29) is 0 Å². The molecule has 0 saturated carbocycles. The standard InChI is InChI=1S/C14H18BrNO3/c1-8-6-5-7-9(10(8)15)12(17)16-11(13(18)19)14(2,3)4/h5-7,11H,1-4H3,(H,16,17)(H,18,19). The second kappa shape index (κ2) is 5.74. The first kappa shape index (κ1) is 15.7. The zero-order valence-corrected chi connectivity index (χ0v) is 13.0. The molecule has 1 amide bonds. The molecular formula is C14H18BrNO3. The summed E-state index contributed by atoms with van der Waals surface area (Å²) >= 11 is 3.35. The van der Waals surface area contributed by atoms with E-state index in [2.05, 4.69) is 21.2 Å². The molecule has 1 aromatic carbocycles. The molecule has 0 saturated heterocycles. The Balaban J connectivity index is 3.02. The van der Waals surface area contributed by atoms with Gasteiger partial charge in [-0.1, -0.05) is 32.9 Å². The number of rotatable bonds is 3. The molecule has 0 fully saturated rings. The highest BCUT2D eigenvalue weighted by molar-refractivity contribution is 9.10. The number of carboxylic acid groups (broad SMARTS) is 1. The summed E-state index contributed by atoms with van der Waals surface area (Å²) < 4.78 is 0.686. The van der Waals surface area contributed by atoms with Gasteiger partial charge in [-0.05, 0) is 39.9 Å². The lowest BCUT2D eigenvalue weighted by Crippen LogP contribution is -2.49. The van der Waals surface area contributed by atoms with Crippen LogP contribution >= 0.6 is 15.9 Å². The fourth-order valence-electron chi connectivity index (χ4n) is 1.68. The van der Waals surface area contributed by atoms with Gasteiger partial charge in [0, 0.05) is 4.47 Å². The molecule has 4 nitrogen and oxygen atoms in total. The van der Waals surface area contributed by atoms with E-state index in [1.54, 1.807) is 32.9 Å². The Kier molecular flexibility index (Phi) is 4.74. The van der Waals surface area contributed by atoms with Crippen LogP contribution in [0.3, 0.4) is 0 Å². The Bertz CT molecular complexity index is 506. The summed E-state index contributed by atoms with van der Waals surface area (Å²) in [5.74, 6) is -1.43. The van der Waals surface area contributed by atoms with E-state index >= 15 is 0 Å². The largest absolute Gasteiger partial charge is 0.480 e. The number of carbonyl (C=O) groups excluding carboxylic acids is 1. The zero-order chi connectivity index (χ0) is 14.8. The van der Waals surface area contributed by atoms with Crippen LogP contribution in [0.15, 0.2) is 22.7 Å². The molecule has 5 heteroatoms. The first-order valence-corrected chi connectivity index (χ1v) is 6.72. The highest BCUT2D eigenvalue weighted by atomic mass is 79.9. The Morgan fingerprint density at radius 3 is 2.37 bits per heavy atom. The lowest BCUT2D eigenvalue weighted by Gasteiger charge is -2.28. The molecule has 0 aliphatic heterocycles. The van der Waals surface area contributed by atoms with Crippen molar-refractivity contribution < 1.29 is 14.7 Å². The van der Waals surface area contributed by atoms with Crippen molar-refractivity contribution in [3.05, 3.63) is 33.8 Å². The number of carboxylic acids is 1. The molecule has 0 aliphatic rings. The first-order chi connectivity index (χ1) is 8.64. The number of nitrogens with one attached hydrogen (secondary N) is 1. The smallest absolute Gasteiger partial charge is 0.326 e. The molecule has 1 unspecified atom stereocenters. The van der Waals surface area contributed by atoms with Gasteiger partial charge in [-0.2, -0.15) is 0 Å². The lowest BCUT2D eigenvalue weighted by molar-refractivity contribution is -0.142. The second-order valence-electron chi connectivity index (χ2n) is 5.55. The molecule has 0 aromatic heterocycles. The second-order valence-corrected chi connectivity index (χ2v) is 6.34. The van der Waals surface area contributed by atoms with Crippen LogP contribution in [0.1, 0.15) is 36.7 Å². The average Bonchev–Trinajstić information content (AvgIpc) is 2.27. The van der Waals surface area contributed by atoms with Crippen molar-refractivity contribution in [1.29, 1.82) is 0 Å². The van der Waals surface area contributed by atoms with E-state index in [0.717, 1.165) is 5.56 Å². The Morgan fingerprint density at radius 1 is 1.32 bits per heavy atom. The van der Waals surface area contributed by atoms with Gasteiger partial charge < -0.3 is 10.4 Å². The summed E-state index contributed by atoms with van der Waals surface area (Å²) in [5, 5.41) is 11.8. The molecule has 1 atom stereocenters. The molecular weight excluding hydrogens is 310 g/mol. The highest BCUT2D eigenvalue weighted by Crippen LogP contribution is 2.23. The minimum Gasteiger partial charge on any atom is -0.480 e. The summed E-state index contributed by atoms with van der Waals surface area (Å²) in [5.41, 5.74) is 0.809. The van der Waals surface area contributed by atoms with Crippen molar-refractivity contribution in [3.63, 3.8) is 0 Å². The average molecular weight is 328 g/mol. The molecule has 1 aromatic rings. The van der Waals surface area contributed by atoms with Crippen LogP contribution in [-0.2, 0) is 4.79 Å². The van der Waals surface area contributed by atoms with Gasteiger partial charge in [0.2, 0.25) is 0 Å². The third-order valence-electron chi connectivity index (χ3n) is 2.82. The number of benzene rings is 1. The van der Waals surface area contributed by atoms with Gasteiger partial charge in [-0.3, -0.25) is 4.79 Å². The minimum atomic E-state index is -1.04. The number of halogens is 1. The van der Waals surface area contributed by atoms with Crippen LogP contribution < -0.4 is 5.32 Å². The van der Waals surface area contributed by atoms with Crippen LogP contribution in [0.25, 0.3) is 0 Å². The number of amides is 1. The summed E-state index contributed by atoms with van der Waals surface area (Å²) in [6.45, 7) is 7.20. The van der Waals surface area contributed by atoms with Crippen molar-refractivity contribution in [3.8, 4) is 0 Å². The van der Waals surface area contributed by atoms with Gasteiger partial charge in [0.15, 0.2) is 0 Å². The van der Waals surface area contributed by atoms with Crippen LogP contribution in [0.5, 0.6) is 0 Å². The Morgan fingerprint density at radius 2 is 1.89 bits per heavy atom. The topological polar surface area (TPSA) is 66.4 Å². The molecule has 0 radical (unpaired) electrons. The van der Waals surface area contributed by atoms with Gasteiger partial charge in [0.25, 0.3) is 5.91 Å². The maximum Gasteiger partial charge on any atom is 0.326 e. The molecule has 0 aliphatic carbocycles. The van der Waals surface area contributed by atoms with Crippen LogP contribution in [0.2, 0.25) is 0 Å². The van der Waals surface area contributed by atoms with E-state index in [4.69, 9.17) is 0 Å². The van der Waals surface area contributed by atoms with E-state index in [1.165, 1.54) is 0 Å². The first-order valence-electron chi connectivity index (χ1n) is 5.93. The molecule has 2 N–H and O–H groups in total. The third-order valence-corrected chi connectivity index (χ3v) is 3.88. The van der Waals surface area contributed by atoms with Gasteiger partial charge in [-0.25, -0.2) is 4.79 Å². The van der Waals surface area contributed by atoms with Crippen LogP contribution in [-0.4, -0.2) is 23.0 Å². The summed E-state index contributed by atoms with van der Waals surface area (Å²) in [6.07, 6.45) is 0. The number of hydrogen-bond donors (Lipinski definition) is 2. The van der Waals surface area contributed by atoms with Gasteiger partial charge in [-0.15, -0.1) is 0 Å². The molecule has 0 heterocycles. The predicted octanol–water partition coefficient (Wildman–Crippen LogP) is 2.99. The minimum absolute atomic E-state index is 0.391. The van der Waals surface area contributed by atoms with Gasteiger partial charge >= 0.3 is 5.97 Å². The maximum atomic E-state index is 12.2. The van der Waals surface area contributed by atoms with Crippen LogP contribution in [0, 0.1) is 12.3 Å². The zero-order valence-electron chi connectivity index (χ0n) is 11.5. The van der Waals surface area contributed by atoms with E-state index in [1.807, 2.05) is 13.0 Å². The molecule has 1 rings (SSSR count). The quantitative estimate of drug-likeness (QED) is 0.896.